The van der Waals surface area contributed by atoms with Crippen LogP contribution in [0.1, 0.15) is 0 Å². The van der Waals surface area contributed by atoms with Crippen LogP contribution in [-0.2, 0) is 0 Å². The van der Waals surface area contributed by atoms with Gasteiger partial charge in [-0.3, -0.25) is 0 Å². The number of halogens is 3. The van der Waals surface area contributed by atoms with Crippen LogP contribution in [0.5, 0.6) is 0 Å². The van der Waals surface area contributed by atoms with Crippen molar-refractivity contribution in [1.29, 1.82) is 0 Å². The first-order valence-electron chi connectivity index (χ1n) is 1.85. The molecule has 0 aliphatic carbocycles. The topological polar surface area (TPSA) is 277 Å². The molecule has 101 valence electrons. The van der Waals surface area contributed by atoms with Crippen molar-refractivity contribution in [1.82, 2.24) is 0 Å². The summed E-state index contributed by atoms with van der Waals surface area (Å²) in [5.41, 5.74) is 0. The molecule has 0 aromatic carbocycles. The Labute approximate surface area is 125 Å². The zero-order valence-electron chi connectivity index (χ0n) is 6.39. The first-order valence-corrected chi connectivity index (χ1v) is 5.55. The van der Waals surface area contributed by atoms with E-state index in [1.54, 1.807) is 0 Å². The molecule has 0 spiro atoms. The first-order chi connectivity index (χ1) is 6.00. The summed E-state index contributed by atoms with van der Waals surface area (Å²) in [5, 5.41) is 0. The summed E-state index contributed by atoms with van der Waals surface area (Å²) in [4.78, 5) is 0. The van der Waals surface area contributed by atoms with Crippen LogP contribution >= 0.6 is 0 Å². The van der Waals surface area contributed by atoms with E-state index in [1.165, 1.54) is 0 Å². The van der Waals surface area contributed by atoms with E-state index in [0.717, 1.165) is 0 Å². The van der Waals surface area contributed by atoms with Crippen molar-refractivity contribution < 1.29 is 127 Å². The van der Waals surface area contributed by atoms with Gasteiger partial charge >= 0.3 is 39.9 Å². The van der Waals surface area contributed by atoms with Crippen LogP contribution in [0.2, 0.25) is 0 Å². The minimum Gasteiger partial charge on any atom is -0.222 e. The van der Waals surface area contributed by atoms with Gasteiger partial charge in [-0.2, -0.15) is 0 Å². The molecule has 0 amide bonds. The molecule has 16 heteroatoms. The van der Waals surface area contributed by atoms with Crippen LogP contribution in [-0.4, -0.2) is 0 Å². The van der Waals surface area contributed by atoms with Crippen molar-refractivity contribution in [2.75, 3.05) is 0 Å². The van der Waals surface area contributed by atoms with Crippen molar-refractivity contribution >= 4 is 0 Å². The number of hydrogen-bond donors (Lipinski definition) is 0. The zero-order valence-corrected chi connectivity index (χ0v) is 10.9. The van der Waals surface area contributed by atoms with E-state index in [0.29, 0.717) is 0 Å². The van der Waals surface area contributed by atoms with Crippen LogP contribution in [0, 0.1) is 70.7 Å². The van der Waals surface area contributed by atoms with Crippen molar-refractivity contribution in [3.8, 4) is 0 Å². The Morgan fingerprint density at radius 1 is 0.312 bits per heavy atom. The van der Waals surface area contributed by atoms with E-state index in [1.807, 2.05) is 0 Å². The Morgan fingerprint density at radius 2 is 0.312 bits per heavy atom. The Morgan fingerprint density at radius 3 is 0.312 bits per heavy atom. The monoisotopic (exact) mass is 455 g/mol. The van der Waals surface area contributed by atoms with Gasteiger partial charge in [0.1, 0.15) is 0 Å². The SMILES string of the molecule is [Gd+3].[O-][Cl+3]([O-])([O-])[O-].[O-][Cl+3]([O-])([O-])[O-].[O-][Cl+3]([O-])([O-])[O-]. The maximum Gasteiger partial charge on any atom is 3.00 e. The van der Waals surface area contributed by atoms with Crippen molar-refractivity contribution in [3.05, 3.63) is 0 Å². The van der Waals surface area contributed by atoms with Crippen LogP contribution in [0.15, 0.2) is 0 Å². The molecule has 1 radical (unpaired) electrons. The summed E-state index contributed by atoms with van der Waals surface area (Å²) in [6.07, 6.45) is 0. The summed E-state index contributed by atoms with van der Waals surface area (Å²) >= 11 is 0. The Bertz CT molecular complexity index is 91.3. The molecule has 0 aliphatic rings. The first kappa shape index (κ1) is 26.3. The minimum absolute atomic E-state index is 0. The fraction of sp³-hybridized carbons (Fsp3) is 0. The molecule has 0 bridgehead atoms. The summed E-state index contributed by atoms with van der Waals surface area (Å²) in [5.74, 6) is 0. The molecule has 0 saturated heterocycles. The molecule has 0 aliphatic heterocycles. The molecule has 0 atom stereocenters. The third-order valence-corrected chi connectivity index (χ3v) is 0. The third-order valence-electron chi connectivity index (χ3n) is 0. The van der Waals surface area contributed by atoms with E-state index in [-0.39, 0.29) is 39.9 Å². The van der Waals surface area contributed by atoms with Gasteiger partial charge in [0.15, 0.2) is 0 Å². The molecule has 0 aromatic rings. The van der Waals surface area contributed by atoms with Crippen LogP contribution in [0.3, 0.4) is 0 Å². The second kappa shape index (κ2) is 10.6. The molecule has 0 saturated carbocycles. The van der Waals surface area contributed by atoms with E-state index in [4.69, 9.17) is 55.9 Å². The molecular weight excluding hydrogens is 456 g/mol. The number of hydrogen-bond acceptors (Lipinski definition) is 12. The van der Waals surface area contributed by atoms with Gasteiger partial charge < -0.3 is 0 Å². The Balaban J connectivity index is -0.0000000655. The van der Waals surface area contributed by atoms with Gasteiger partial charge in [0.2, 0.25) is 0 Å². The van der Waals surface area contributed by atoms with Crippen molar-refractivity contribution in [2.45, 2.75) is 0 Å². The maximum atomic E-state index is 8.49. The second-order valence-corrected chi connectivity index (χ2v) is 3.40. The van der Waals surface area contributed by atoms with Crippen LogP contribution in [0.4, 0.5) is 0 Å². The predicted molar refractivity (Wildman–Crippen MR) is 0 cm³/mol. The van der Waals surface area contributed by atoms with E-state index < -0.39 is 30.7 Å². The largest absolute Gasteiger partial charge is 3.00 e. The normalized spacial score (nSPS) is 11.2. The molecule has 0 N–H and O–H groups in total. The molecule has 0 unspecified atom stereocenters. The molecule has 0 aromatic heterocycles. The average Bonchev–Trinajstić information content (AvgIpc) is 1.41. The smallest absolute Gasteiger partial charge is 0.222 e. The van der Waals surface area contributed by atoms with Gasteiger partial charge in [0, 0.05) is 0 Å². The fourth-order valence-corrected chi connectivity index (χ4v) is 0. The van der Waals surface area contributed by atoms with Crippen LogP contribution < -0.4 is 55.9 Å². The van der Waals surface area contributed by atoms with Gasteiger partial charge in [-0.1, -0.05) is 0 Å². The van der Waals surface area contributed by atoms with Crippen molar-refractivity contribution in [3.63, 3.8) is 0 Å². The fourth-order valence-electron chi connectivity index (χ4n) is 0. The van der Waals surface area contributed by atoms with Gasteiger partial charge in [-0.05, 0) is 0 Å². The summed E-state index contributed by atoms with van der Waals surface area (Å²) in [6.45, 7) is 0. The van der Waals surface area contributed by atoms with Crippen molar-refractivity contribution in [2.24, 2.45) is 0 Å². The summed E-state index contributed by atoms with van der Waals surface area (Å²) in [6, 6.07) is 0. The van der Waals surface area contributed by atoms with E-state index in [9.17, 15) is 0 Å². The summed E-state index contributed by atoms with van der Waals surface area (Å²) in [7, 11) is -14.8. The van der Waals surface area contributed by atoms with Gasteiger partial charge in [-0.25, -0.2) is 55.9 Å². The quantitative estimate of drug-likeness (QED) is 0.329. The molecule has 0 rings (SSSR count). The molecule has 0 heterocycles. The van der Waals surface area contributed by atoms with Crippen LogP contribution in [0.25, 0.3) is 0 Å². The molecule has 16 heavy (non-hydrogen) atoms. The predicted octanol–water partition coefficient (Wildman–Crippen LogP) is -14.3. The van der Waals surface area contributed by atoms with Gasteiger partial charge in [0.25, 0.3) is 0 Å². The summed E-state index contributed by atoms with van der Waals surface area (Å²) < 4.78 is 102. The average molecular weight is 456 g/mol. The number of rotatable bonds is 0. The molecule has 0 fully saturated rings. The zero-order chi connectivity index (χ0) is 13.5. The van der Waals surface area contributed by atoms with E-state index in [2.05, 4.69) is 0 Å². The molecule has 12 nitrogen and oxygen atoms in total. The maximum absolute atomic E-state index is 8.49. The standard InChI is InChI=1S/3ClHO4.Gd/c3*2-1(3,4)5;/h3*(H,2,3,4,5);/q;;;+3/p-3. The third kappa shape index (κ3) is 1160. The van der Waals surface area contributed by atoms with E-state index >= 15 is 0 Å². The second-order valence-electron chi connectivity index (χ2n) is 1.13. The Kier molecular flexibility index (Phi) is 17.5. The van der Waals surface area contributed by atoms with Gasteiger partial charge in [0.05, 0.1) is 0 Å². The minimum atomic E-state index is -4.94. The Hall–Kier alpha value is 1.71. The molecular formula is Cl3GdO12. The van der Waals surface area contributed by atoms with Gasteiger partial charge in [-0.15, -0.1) is 30.7 Å².